The third-order valence-corrected chi connectivity index (χ3v) is 4.52. The van der Waals surface area contributed by atoms with E-state index in [0.717, 1.165) is 13.2 Å². The normalized spacial score (nSPS) is 11.9. The predicted molar refractivity (Wildman–Crippen MR) is 81.8 cm³/mol. The van der Waals surface area contributed by atoms with Crippen LogP contribution in [-0.2, 0) is 16.2 Å². The van der Waals surface area contributed by atoms with Gasteiger partial charge in [0.2, 0.25) is 0 Å². The Hall–Kier alpha value is -2.42. The summed E-state index contributed by atoms with van der Waals surface area (Å²) in [4.78, 5) is -0.104. The monoisotopic (exact) mass is 361 g/mol. The maximum Gasteiger partial charge on any atom is 0.420 e. The molecule has 0 aromatic heterocycles. The van der Waals surface area contributed by atoms with Gasteiger partial charge < -0.3 is 9.47 Å². The third-order valence-electron chi connectivity index (χ3n) is 3.13. The largest absolute Gasteiger partial charge is 0.497 e. The molecule has 5 nitrogen and oxygen atoms in total. The molecule has 9 heteroatoms. The zero-order chi connectivity index (χ0) is 18.0. The number of anilines is 1. The molecule has 1 N–H and O–H groups in total. The average molecular weight is 361 g/mol. The van der Waals surface area contributed by atoms with Crippen molar-refractivity contribution in [2.75, 3.05) is 18.9 Å². The van der Waals surface area contributed by atoms with Gasteiger partial charge in [0.05, 0.1) is 24.7 Å². The Bertz CT molecular complexity index is 818. The number of rotatable bonds is 5. The van der Waals surface area contributed by atoms with Gasteiger partial charge in [0.1, 0.15) is 11.5 Å². The first-order chi connectivity index (χ1) is 11.2. The van der Waals surface area contributed by atoms with Gasteiger partial charge in [0.15, 0.2) is 0 Å². The SMILES string of the molecule is COc1ccc(S(=O)(=O)Nc2ccc(OC)c(C(F)(F)F)c2)cc1. The van der Waals surface area contributed by atoms with E-state index in [-0.39, 0.29) is 10.6 Å². The minimum absolute atomic E-state index is 0.104. The second-order valence-corrected chi connectivity index (χ2v) is 6.38. The second-order valence-electron chi connectivity index (χ2n) is 4.69. The molecule has 0 aliphatic rings. The smallest absolute Gasteiger partial charge is 0.420 e. The summed E-state index contributed by atoms with van der Waals surface area (Å²) >= 11 is 0. The Morgan fingerprint density at radius 1 is 0.958 bits per heavy atom. The molecule has 2 aromatic rings. The molecule has 2 rings (SSSR count). The molecule has 0 spiro atoms. The molecule has 0 aliphatic carbocycles. The van der Waals surface area contributed by atoms with Crippen LogP contribution in [0.3, 0.4) is 0 Å². The van der Waals surface area contributed by atoms with Gasteiger partial charge >= 0.3 is 6.18 Å². The van der Waals surface area contributed by atoms with Crippen molar-refractivity contribution in [1.29, 1.82) is 0 Å². The first-order valence-electron chi connectivity index (χ1n) is 6.59. The lowest BCUT2D eigenvalue weighted by Crippen LogP contribution is -2.14. The number of alkyl halides is 3. The molecule has 0 amide bonds. The van der Waals surface area contributed by atoms with Crippen LogP contribution in [0, 0.1) is 0 Å². The third kappa shape index (κ3) is 3.91. The van der Waals surface area contributed by atoms with Crippen LogP contribution >= 0.6 is 0 Å². The maximum atomic E-state index is 13.0. The first-order valence-corrected chi connectivity index (χ1v) is 8.08. The van der Waals surface area contributed by atoms with Crippen molar-refractivity contribution in [1.82, 2.24) is 0 Å². The highest BCUT2D eigenvalue weighted by Gasteiger charge is 2.34. The number of nitrogens with one attached hydrogen (secondary N) is 1. The number of hydrogen-bond donors (Lipinski definition) is 1. The van der Waals surface area contributed by atoms with E-state index in [1.807, 2.05) is 0 Å². The highest BCUT2D eigenvalue weighted by molar-refractivity contribution is 7.92. The molecule has 0 atom stereocenters. The summed E-state index contributed by atoms with van der Waals surface area (Å²) in [7, 11) is -1.50. The lowest BCUT2D eigenvalue weighted by Gasteiger charge is -2.14. The number of benzene rings is 2. The fraction of sp³-hybridized carbons (Fsp3) is 0.200. The molecule has 0 bridgehead atoms. The van der Waals surface area contributed by atoms with Gasteiger partial charge in [0.25, 0.3) is 10.0 Å². The summed E-state index contributed by atoms with van der Waals surface area (Å²) in [5.41, 5.74) is -1.29. The molecule has 0 unspecified atom stereocenters. The maximum absolute atomic E-state index is 13.0. The van der Waals surface area contributed by atoms with Crippen LogP contribution in [0.25, 0.3) is 0 Å². The van der Waals surface area contributed by atoms with Crippen LogP contribution < -0.4 is 14.2 Å². The summed E-state index contributed by atoms with van der Waals surface area (Å²) in [5, 5.41) is 0. The van der Waals surface area contributed by atoms with Crippen molar-refractivity contribution in [3.05, 3.63) is 48.0 Å². The van der Waals surface area contributed by atoms with Crippen molar-refractivity contribution in [2.24, 2.45) is 0 Å². The molecule has 0 radical (unpaired) electrons. The van der Waals surface area contributed by atoms with Gasteiger partial charge in [-0.05, 0) is 42.5 Å². The van der Waals surface area contributed by atoms with E-state index in [1.54, 1.807) is 0 Å². The molecule has 0 heterocycles. The highest BCUT2D eigenvalue weighted by Crippen LogP contribution is 2.38. The summed E-state index contributed by atoms with van der Waals surface area (Å²) in [6.07, 6.45) is -4.67. The quantitative estimate of drug-likeness (QED) is 0.885. The van der Waals surface area contributed by atoms with E-state index < -0.39 is 27.5 Å². The molecule has 0 fully saturated rings. The minimum atomic E-state index is -4.67. The fourth-order valence-corrected chi connectivity index (χ4v) is 3.01. The number of ether oxygens (including phenoxy) is 2. The van der Waals surface area contributed by atoms with Gasteiger partial charge in [-0.25, -0.2) is 8.42 Å². The van der Waals surface area contributed by atoms with Crippen LogP contribution in [0.5, 0.6) is 11.5 Å². The van der Waals surface area contributed by atoms with Gasteiger partial charge in [-0.3, -0.25) is 4.72 Å². The molecular weight excluding hydrogens is 347 g/mol. The van der Waals surface area contributed by atoms with Crippen LogP contribution in [0.15, 0.2) is 47.4 Å². The van der Waals surface area contributed by atoms with Crippen molar-refractivity contribution >= 4 is 15.7 Å². The number of halogens is 3. The Balaban J connectivity index is 2.35. The Kier molecular flexibility index (Phi) is 4.93. The van der Waals surface area contributed by atoms with Crippen LogP contribution in [-0.4, -0.2) is 22.6 Å². The van der Waals surface area contributed by atoms with Crippen molar-refractivity contribution < 1.29 is 31.1 Å². The van der Waals surface area contributed by atoms with E-state index in [2.05, 4.69) is 9.46 Å². The molecule has 0 aliphatic heterocycles. The van der Waals surface area contributed by atoms with Crippen LogP contribution in [0.2, 0.25) is 0 Å². The number of hydrogen-bond acceptors (Lipinski definition) is 4. The standard InChI is InChI=1S/C15H14F3NO4S/c1-22-11-4-6-12(7-5-11)24(20,21)19-10-3-8-14(23-2)13(9-10)15(16,17)18/h3-9,19H,1-2H3. The Morgan fingerprint density at radius 2 is 1.58 bits per heavy atom. The average Bonchev–Trinajstić information content (AvgIpc) is 2.53. The molecule has 0 saturated heterocycles. The van der Waals surface area contributed by atoms with Gasteiger partial charge in [-0.1, -0.05) is 0 Å². The Labute approximate surface area is 137 Å². The van der Waals surface area contributed by atoms with Crippen LogP contribution in [0.1, 0.15) is 5.56 Å². The van der Waals surface area contributed by atoms with Gasteiger partial charge in [0, 0.05) is 5.69 Å². The summed E-state index contributed by atoms with van der Waals surface area (Å²) in [5.74, 6) is 0.0626. The molecule has 24 heavy (non-hydrogen) atoms. The van der Waals surface area contributed by atoms with Crippen molar-refractivity contribution in [2.45, 2.75) is 11.1 Å². The van der Waals surface area contributed by atoms with Gasteiger partial charge in [-0.2, -0.15) is 13.2 Å². The second kappa shape index (κ2) is 6.60. The lowest BCUT2D eigenvalue weighted by atomic mass is 10.1. The topological polar surface area (TPSA) is 64.6 Å². The molecular formula is C15H14F3NO4S. The van der Waals surface area contributed by atoms with E-state index in [1.165, 1.54) is 37.4 Å². The fourth-order valence-electron chi connectivity index (χ4n) is 1.96. The van der Waals surface area contributed by atoms with Crippen LogP contribution in [0.4, 0.5) is 18.9 Å². The summed E-state index contributed by atoms with van der Waals surface area (Å²) in [6.45, 7) is 0. The van der Waals surface area contributed by atoms with E-state index in [9.17, 15) is 21.6 Å². The molecule has 2 aromatic carbocycles. The Morgan fingerprint density at radius 3 is 2.08 bits per heavy atom. The molecule has 0 saturated carbocycles. The van der Waals surface area contributed by atoms with Crippen molar-refractivity contribution in [3.63, 3.8) is 0 Å². The zero-order valence-corrected chi connectivity index (χ0v) is 13.5. The highest BCUT2D eigenvalue weighted by atomic mass is 32.2. The zero-order valence-electron chi connectivity index (χ0n) is 12.7. The van der Waals surface area contributed by atoms with E-state index in [4.69, 9.17) is 4.74 Å². The number of sulfonamides is 1. The van der Waals surface area contributed by atoms with Gasteiger partial charge in [-0.15, -0.1) is 0 Å². The van der Waals surface area contributed by atoms with E-state index >= 15 is 0 Å². The minimum Gasteiger partial charge on any atom is -0.497 e. The molecule has 130 valence electrons. The lowest BCUT2D eigenvalue weighted by molar-refractivity contribution is -0.138. The van der Waals surface area contributed by atoms with Crippen molar-refractivity contribution in [3.8, 4) is 11.5 Å². The summed E-state index contributed by atoms with van der Waals surface area (Å²) < 4.78 is 75.1. The first kappa shape index (κ1) is 17.9. The summed E-state index contributed by atoms with van der Waals surface area (Å²) in [6, 6.07) is 8.36. The number of methoxy groups -OCH3 is 2. The van der Waals surface area contributed by atoms with E-state index in [0.29, 0.717) is 11.8 Å². The predicted octanol–water partition coefficient (Wildman–Crippen LogP) is 3.52.